The molecule has 0 aromatic carbocycles. The van der Waals surface area contributed by atoms with Gasteiger partial charge in [-0.1, -0.05) is 13.8 Å². The minimum absolute atomic E-state index is 0.0334. The first-order valence-corrected chi connectivity index (χ1v) is 9.99. The molecule has 0 amide bonds. The van der Waals surface area contributed by atoms with Gasteiger partial charge in [0.2, 0.25) is 0 Å². The van der Waals surface area contributed by atoms with E-state index in [2.05, 4.69) is 13.8 Å². The molecule has 0 aromatic heterocycles. The van der Waals surface area contributed by atoms with E-state index in [-0.39, 0.29) is 28.4 Å². The van der Waals surface area contributed by atoms with Gasteiger partial charge in [-0.3, -0.25) is 14.4 Å². The van der Waals surface area contributed by atoms with Crippen LogP contribution in [0.25, 0.3) is 0 Å². The van der Waals surface area contributed by atoms with E-state index in [4.69, 9.17) is 0 Å². The van der Waals surface area contributed by atoms with Crippen LogP contribution in [0.4, 0.5) is 0 Å². The molecule has 0 saturated heterocycles. The third-order valence-electron chi connectivity index (χ3n) is 8.71. The molecule has 0 radical (unpaired) electrons. The lowest BCUT2D eigenvalue weighted by molar-refractivity contribution is -0.161. The number of aliphatic hydroxyl groups is 1. The van der Waals surface area contributed by atoms with Crippen molar-refractivity contribution < 1.29 is 19.5 Å². The van der Waals surface area contributed by atoms with E-state index in [1.165, 1.54) is 0 Å². The maximum atomic E-state index is 13.3. The Morgan fingerprint density at radius 1 is 1.12 bits per heavy atom. The number of Topliss-reactive ketones (excluding diaryl/α,β-unsaturated/α-hetero) is 3. The standard InChI is InChI=1S/C21H30O4/c1-20-8-7-13(23)9-12(20)3-4-14-15-5-6-16(18(25)11-22)21(15,2)10-17(24)19(14)20/h12,14-16,19,22H,3-11H2,1-2H3/t12-,14-,15+,16-,19-,20+,21+/m1/s1. The Bertz CT molecular complexity index is 625. The lowest BCUT2D eigenvalue weighted by atomic mass is 9.44. The third-order valence-corrected chi connectivity index (χ3v) is 8.71. The first kappa shape index (κ1) is 17.4. The van der Waals surface area contributed by atoms with Crippen LogP contribution < -0.4 is 0 Å². The van der Waals surface area contributed by atoms with Crippen molar-refractivity contribution >= 4 is 17.3 Å². The van der Waals surface area contributed by atoms with Gasteiger partial charge in [0.05, 0.1) is 0 Å². The molecule has 4 aliphatic carbocycles. The summed E-state index contributed by atoms with van der Waals surface area (Å²) in [7, 11) is 0. The Labute approximate surface area is 149 Å². The van der Waals surface area contributed by atoms with Gasteiger partial charge in [0, 0.05) is 31.1 Å². The van der Waals surface area contributed by atoms with E-state index in [9.17, 15) is 19.5 Å². The molecule has 1 N–H and O–H groups in total. The number of aliphatic hydroxyl groups excluding tert-OH is 1. The number of ketones is 3. The second kappa shape index (κ2) is 5.73. The first-order valence-electron chi connectivity index (χ1n) is 9.99. The fraction of sp³-hybridized carbons (Fsp3) is 0.857. The summed E-state index contributed by atoms with van der Waals surface area (Å²) in [6.07, 6.45) is 6.48. The van der Waals surface area contributed by atoms with E-state index in [1.807, 2.05) is 0 Å². The minimum Gasteiger partial charge on any atom is -0.389 e. The topological polar surface area (TPSA) is 71.4 Å². The van der Waals surface area contributed by atoms with Crippen molar-refractivity contribution in [3.8, 4) is 0 Å². The van der Waals surface area contributed by atoms with Gasteiger partial charge in [-0.2, -0.15) is 0 Å². The van der Waals surface area contributed by atoms with Crippen molar-refractivity contribution in [1.82, 2.24) is 0 Å². The molecule has 4 rings (SSSR count). The average Bonchev–Trinajstić information content (AvgIpc) is 2.91. The van der Waals surface area contributed by atoms with Crippen LogP contribution in [0.3, 0.4) is 0 Å². The van der Waals surface area contributed by atoms with Crippen molar-refractivity contribution in [2.24, 2.45) is 40.4 Å². The highest BCUT2D eigenvalue weighted by Crippen LogP contribution is 2.66. The summed E-state index contributed by atoms with van der Waals surface area (Å²) >= 11 is 0. The smallest absolute Gasteiger partial charge is 0.161 e. The van der Waals surface area contributed by atoms with E-state index in [0.717, 1.165) is 32.1 Å². The average molecular weight is 346 g/mol. The predicted octanol–water partition coefficient (Wildman–Crippen LogP) is 2.95. The molecule has 4 fully saturated rings. The molecule has 0 heterocycles. The molecule has 4 heteroatoms. The van der Waals surface area contributed by atoms with Crippen LogP contribution in [-0.2, 0) is 14.4 Å². The molecule has 0 bridgehead atoms. The lowest BCUT2D eigenvalue weighted by Gasteiger charge is -2.59. The summed E-state index contributed by atoms with van der Waals surface area (Å²) in [6, 6.07) is 0. The maximum absolute atomic E-state index is 13.3. The predicted molar refractivity (Wildman–Crippen MR) is 92.7 cm³/mol. The zero-order valence-electron chi connectivity index (χ0n) is 15.4. The Balaban J connectivity index is 1.67. The molecule has 138 valence electrons. The number of hydrogen-bond donors (Lipinski definition) is 1. The second-order valence-corrected chi connectivity index (χ2v) is 9.67. The first-order chi connectivity index (χ1) is 11.8. The monoisotopic (exact) mass is 346 g/mol. The minimum atomic E-state index is -0.406. The summed E-state index contributed by atoms with van der Waals surface area (Å²) in [5, 5.41) is 9.35. The fourth-order valence-corrected chi connectivity index (χ4v) is 7.50. The summed E-state index contributed by atoms with van der Waals surface area (Å²) in [6.45, 7) is 3.97. The zero-order chi connectivity index (χ0) is 18.0. The number of carbonyl (C=O) groups is 3. The van der Waals surface area contributed by atoms with E-state index >= 15 is 0 Å². The molecule has 0 spiro atoms. The van der Waals surface area contributed by atoms with Crippen molar-refractivity contribution in [2.45, 2.75) is 65.2 Å². The number of carbonyl (C=O) groups excluding carboxylic acids is 3. The molecule has 25 heavy (non-hydrogen) atoms. The van der Waals surface area contributed by atoms with Crippen LogP contribution in [0, 0.1) is 40.4 Å². The van der Waals surface area contributed by atoms with E-state index in [0.29, 0.717) is 48.6 Å². The van der Waals surface area contributed by atoms with Gasteiger partial charge in [0.25, 0.3) is 0 Å². The van der Waals surface area contributed by atoms with Crippen molar-refractivity contribution in [2.75, 3.05) is 6.61 Å². The summed E-state index contributed by atoms with van der Waals surface area (Å²) in [5.41, 5.74) is -0.305. The van der Waals surface area contributed by atoms with Gasteiger partial charge >= 0.3 is 0 Å². The lowest BCUT2D eigenvalue weighted by Crippen LogP contribution is -2.57. The van der Waals surface area contributed by atoms with Gasteiger partial charge in [0.1, 0.15) is 18.2 Å². The van der Waals surface area contributed by atoms with Crippen LogP contribution in [0.1, 0.15) is 65.2 Å². The van der Waals surface area contributed by atoms with Crippen LogP contribution in [0.5, 0.6) is 0 Å². The molecular weight excluding hydrogens is 316 g/mol. The molecule has 0 unspecified atom stereocenters. The summed E-state index contributed by atoms with van der Waals surface area (Å²) in [5.74, 6) is 1.64. The normalized spacial score (nSPS) is 49.3. The maximum Gasteiger partial charge on any atom is 0.161 e. The number of fused-ring (bicyclic) bond motifs is 5. The highest BCUT2D eigenvalue weighted by Gasteiger charge is 2.63. The second-order valence-electron chi connectivity index (χ2n) is 9.67. The van der Waals surface area contributed by atoms with Gasteiger partial charge in [0.15, 0.2) is 5.78 Å². The van der Waals surface area contributed by atoms with E-state index < -0.39 is 6.61 Å². The van der Waals surface area contributed by atoms with Crippen LogP contribution in [0.15, 0.2) is 0 Å². The van der Waals surface area contributed by atoms with Crippen molar-refractivity contribution in [3.05, 3.63) is 0 Å². The molecule has 4 saturated carbocycles. The zero-order valence-corrected chi connectivity index (χ0v) is 15.4. The third kappa shape index (κ3) is 2.32. The van der Waals surface area contributed by atoms with Gasteiger partial charge in [-0.25, -0.2) is 0 Å². The van der Waals surface area contributed by atoms with Crippen LogP contribution in [0.2, 0.25) is 0 Å². The largest absolute Gasteiger partial charge is 0.389 e. The Kier molecular flexibility index (Phi) is 3.99. The van der Waals surface area contributed by atoms with Gasteiger partial charge < -0.3 is 5.11 Å². The van der Waals surface area contributed by atoms with Crippen LogP contribution >= 0.6 is 0 Å². The summed E-state index contributed by atoms with van der Waals surface area (Å²) < 4.78 is 0. The fourth-order valence-electron chi connectivity index (χ4n) is 7.50. The van der Waals surface area contributed by atoms with Gasteiger partial charge in [-0.15, -0.1) is 0 Å². The highest BCUT2D eigenvalue weighted by atomic mass is 16.3. The van der Waals surface area contributed by atoms with Crippen molar-refractivity contribution in [3.63, 3.8) is 0 Å². The van der Waals surface area contributed by atoms with E-state index in [1.54, 1.807) is 0 Å². The number of hydrogen-bond acceptors (Lipinski definition) is 4. The van der Waals surface area contributed by atoms with Gasteiger partial charge in [-0.05, 0) is 60.7 Å². The number of rotatable bonds is 2. The molecule has 0 aliphatic heterocycles. The Hall–Kier alpha value is -1.03. The van der Waals surface area contributed by atoms with Crippen molar-refractivity contribution in [1.29, 1.82) is 0 Å². The molecule has 7 atom stereocenters. The SMILES string of the molecule is C[C@]12CCC(=O)C[C@H]1CC[C@@H]1[C@@H]3CC[C@H](C(=O)CO)[C@@]3(C)CC(=O)[C@@H]12. The summed E-state index contributed by atoms with van der Waals surface area (Å²) in [4.78, 5) is 37.5. The Morgan fingerprint density at radius 3 is 2.60 bits per heavy atom. The molecule has 0 aromatic rings. The molecule has 4 aliphatic rings. The molecular formula is C21H30O4. The Morgan fingerprint density at radius 2 is 1.88 bits per heavy atom. The quantitative estimate of drug-likeness (QED) is 0.834. The molecule has 4 nitrogen and oxygen atoms in total. The van der Waals surface area contributed by atoms with Crippen LogP contribution in [-0.4, -0.2) is 29.1 Å². The highest BCUT2D eigenvalue weighted by molar-refractivity contribution is 5.88.